The summed E-state index contributed by atoms with van der Waals surface area (Å²) >= 11 is 0. The fraction of sp³-hybridized carbons (Fsp3) is 0.348. The molecule has 34 heavy (non-hydrogen) atoms. The highest BCUT2D eigenvalue weighted by molar-refractivity contribution is 6.07. The Morgan fingerprint density at radius 3 is 2.41 bits per heavy atom. The average molecular weight is 474 g/mol. The van der Waals surface area contributed by atoms with Gasteiger partial charge >= 0.3 is 0 Å². The van der Waals surface area contributed by atoms with E-state index in [9.17, 15) is 22.4 Å². The highest BCUT2D eigenvalue weighted by Crippen LogP contribution is 2.40. The number of halogens is 4. The summed E-state index contributed by atoms with van der Waals surface area (Å²) in [7, 11) is 0. The van der Waals surface area contributed by atoms with E-state index >= 15 is 0 Å². The molecule has 1 fully saturated rings. The van der Waals surface area contributed by atoms with Gasteiger partial charge in [-0.05, 0) is 0 Å². The maximum absolute atomic E-state index is 13.9. The van der Waals surface area contributed by atoms with Crippen LogP contribution in [-0.2, 0) is 0 Å². The van der Waals surface area contributed by atoms with Crippen LogP contribution in [0.2, 0.25) is 0 Å². The molecular weight excluding hydrogens is 452 g/mol. The number of rotatable bonds is 6. The molecule has 1 amide bonds. The summed E-state index contributed by atoms with van der Waals surface area (Å²) in [5, 5.41) is 2.64. The molecule has 1 saturated heterocycles. The highest BCUT2D eigenvalue weighted by atomic mass is 19.3. The Morgan fingerprint density at radius 2 is 1.79 bits per heavy atom. The van der Waals surface area contributed by atoms with Crippen LogP contribution in [0.3, 0.4) is 0 Å². The summed E-state index contributed by atoms with van der Waals surface area (Å²) in [4.78, 5) is 30.9. The van der Waals surface area contributed by atoms with Gasteiger partial charge in [0.15, 0.2) is 5.82 Å². The van der Waals surface area contributed by atoms with Gasteiger partial charge in [0.05, 0.1) is 17.8 Å². The molecule has 7 nitrogen and oxygen atoms in total. The van der Waals surface area contributed by atoms with Gasteiger partial charge < -0.3 is 10.2 Å². The van der Waals surface area contributed by atoms with Crippen molar-refractivity contribution in [3.63, 3.8) is 0 Å². The number of carbonyl (C=O) groups excluding carboxylic acids is 1. The van der Waals surface area contributed by atoms with Crippen molar-refractivity contribution in [3.05, 3.63) is 59.9 Å². The van der Waals surface area contributed by atoms with E-state index in [0.717, 1.165) is 6.33 Å². The molecule has 1 aliphatic rings. The van der Waals surface area contributed by atoms with Crippen molar-refractivity contribution >= 4 is 17.4 Å². The number of aromatic nitrogens is 4. The molecule has 0 bridgehead atoms. The van der Waals surface area contributed by atoms with Crippen molar-refractivity contribution < 1.29 is 22.4 Å². The van der Waals surface area contributed by atoms with Crippen molar-refractivity contribution in [2.45, 2.75) is 38.5 Å². The van der Waals surface area contributed by atoms with Crippen LogP contribution < -0.4 is 10.2 Å². The van der Waals surface area contributed by atoms with Crippen LogP contribution >= 0.6 is 0 Å². The monoisotopic (exact) mass is 474 g/mol. The van der Waals surface area contributed by atoms with E-state index in [4.69, 9.17) is 0 Å². The van der Waals surface area contributed by atoms with Gasteiger partial charge in [0.1, 0.15) is 17.8 Å². The lowest BCUT2D eigenvalue weighted by Gasteiger charge is -2.23. The molecule has 0 atom stereocenters. The fourth-order valence-electron chi connectivity index (χ4n) is 3.69. The van der Waals surface area contributed by atoms with Crippen molar-refractivity contribution in [2.24, 2.45) is 0 Å². The van der Waals surface area contributed by atoms with Gasteiger partial charge in [-0.3, -0.25) is 4.79 Å². The smallest absolute Gasteiger partial charge is 0.266 e. The maximum atomic E-state index is 13.9. The van der Waals surface area contributed by atoms with Crippen LogP contribution in [0, 0.1) is 0 Å². The lowest BCUT2D eigenvalue weighted by Crippen LogP contribution is -2.27. The standard InChI is InChI=1S/C23H22F4N6O/c1-13(2)20-28-9-14(10-29-20)22(34)32-18-17(15-5-3-4-6-16(15)19(24)25)30-12-31-21(18)33-8-7-23(26,27)11-33/h3-6,9-10,12-13,19H,7-8,11H2,1-2H3,(H,32,34). The van der Waals surface area contributed by atoms with E-state index in [-0.39, 0.29) is 46.4 Å². The van der Waals surface area contributed by atoms with Crippen LogP contribution in [0.4, 0.5) is 29.1 Å². The van der Waals surface area contributed by atoms with E-state index in [1.54, 1.807) is 6.07 Å². The zero-order valence-corrected chi connectivity index (χ0v) is 18.5. The molecule has 0 unspecified atom stereocenters. The van der Waals surface area contributed by atoms with Crippen LogP contribution in [0.25, 0.3) is 11.3 Å². The van der Waals surface area contributed by atoms with E-state index < -0.39 is 31.2 Å². The Labute approximate surface area is 193 Å². The Hall–Kier alpha value is -3.63. The van der Waals surface area contributed by atoms with Crippen LogP contribution in [-0.4, -0.2) is 44.9 Å². The second kappa shape index (κ2) is 9.32. The second-order valence-corrected chi connectivity index (χ2v) is 8.28. The number of nitrogens with one attached hydrogen (secondary N) is 1. The third-order valence-corrected chi connectivity index (χ3v) is 5.44. The van der Waals surface area contributed by atoms with E-state index in [2.05, 4.69) is 25.3 Å². The molecule has 0 spiro atoms. The van der Waals surface area contributed by atoms with Crippen molar-refractivity contribution in [3.8, 4) is 11.3 Å². The average Bonchev–Trinajstić information content (AvgIpc) is 3.18. The summed E-state index contributed by atoms with van der Waals surface area (Å²) in [5.41, 5.74) is -0.165. The minimum absolute atomic E-state index is 0.00388. The number of benzene rings is 1. The predicted octanol–water partition coefficient (Wildman–Crippen LogP) is 5.09. The van der Waals surface area contributed by atoms with Gasteiger partial charge in [0.2, 0.25) is 0 Å². The zero-order chi connectivity index (χ0) is 24.5. The van der Waals surface area contributed by atoms with Gasteiger partial charge in [0.25, 0.3) is 18.3 Å². The first kappa shape index (κ1) is 23.5. The molecule has 0 saturated carbocycles. The van der Waals surface area contributed by atoms with Gasteiger partial charge in [-0.25, -0.2) is 37.5 Å². The van der Waals surface area contributed by atoms with Crippen molar-refractivity contribution in [1.82, 2.24) is 19.9 Å². The SMILES string of the molecule is CC(C)c1ncc(C(=O)Nc2c(-c3ccccc3C(F)F)ncnc2N2CCC(F)(F)C2)cn1. The van der Waals surface area contributed by atoms with Crippen molar-refractivity contribution in [2.75, 3.05) is 23.3 Å². The summed E-state index contributed by atoms with van der Waals surface area (Å²) in [6.45, 7) is 3.17. The second-order valence-electron chi connectivity index (χ2n) is 8.28. The quantitative estimate of drug-likeness (QED) is 0.501. The number of amides is 1. The molecule has 1 N–H and O–H groups in total. The number of carbonyl (C=O) groups is 1. The molecule has 0 radical (unpaired) electrons. The molecule has 0 aliphatic carbocycles. The largest absolute Gasteiger partial charge is 0.349 e. The Morgan fingerprint density at radius 1 is 1.09 bits per heavy atom. The molecule has 1 aromatic carbocycles. The third-order valence-electron chi connectivity index (χ3n) is 5.44. The topological polar surface area (TPSA) is 83.9 Å². The van der Waals surface area contributed by atoms with Gasteiger partial charge in [0, 0.05) is 42.4 Å². The Bertz CT molecular complexity index is 1190. The van der Waals surface area contributed by atoms with E-state index in [0.29, 0.717) is 5.82 Å². The molecule has 2 aromatic heterocycles. The van der Waals surface area contributed by atoms with Crippen LogP contribution in [0.15, 0.2) is 43.0 Å². The van der Waals surface area contributed by atoms with E-state index in [1.165, 1.54) is 35.5 Å². The third kappa shape index (κ3) is 4.82. The molecule has 11 heteroatoms. The first-order chi connectivity index (χ1) is 16.2. The summed E-state index contributed by atoms with van der Waals surface area (Å²) < 4.78 is 55.3. The summed E-state index contributed by atoms with van der Waals surface area (Å²) in [5.74, 6) is -2.95. The Kier molecular flexibility index (Phi) is 6.45. The molecule has 3 aromatic rings. The molecular formula is C23H22F4N6O. The number of alkyl halides is 4. The summed E-state index contributed by atoms with van der Waals surface area (Å²) in [6.07, 6.45) is 0.596. The number of hydrogen-bond acceptors (Lipinski definition) is 6. The van der Waals surface area contributed by atoms with Crippen LogP contribution in [0.5, 0.6) is 0 Å². The Balaban J connectivity index is 1.79. The van der Waals surface area contributed by atoms with Gasteiger partial charge in [-0.15, -0.1) is 0 Å². The van der Waals surface area contributed by atoms with Crippen molar-refractivity contribution in [1.29, 1.82) is 0 Å². The molecule has 4 rings (SSSR count). The summed E-state index contributed by atoms with van der Waals surface area (Å²) in [6, 6.07) is 5.69. The normalized spacial score (nSPS) is 15.2. The minimum atomic E-state index is -2.94. The van der Waals surface area contributed by atoms with Gasteiger partial charge in [-0.1, -0.05) is 38.1 Å². The van der Waals surface area contributed by atoms with Crippen LogP contribution in [0.1, 0.15) is 54.4 Å². The van der Waals surface area contributed by atoms with Gasteiger partial charge in [-0.2, -0.15) is 0 Å². The fourth-order valence-corrected chi connectivity index (χ4v) is 3.69. The highest BCUT2D eigenvalue weighted by Gasteiger charge is 2.40. The lowest BCUT2D eigenvalue weighted by molar-refractivity contribution is 0.0257. The maximum Gasteiger partial charge on any atom is 0.266 e. The predicted molar refractivity (Wildman–Crippen MR) is 118 cm³/mol. The number of nitrogens with zero attached hydrogens (tertiary/aromatic N) is 5. The first-order valence-electron chi connectivity index (χ1n) is 10.6. The minimum Gasteiger partial charge on any atom is -0.349 e. The first-order valence-corrected chi connectivity index (χ1v) is 10.6. The molecule has 3 heterocycles. The van der Waals surface area contributed by atoms with E-state index in [1.807, 2.05) is 13.8 Å². The number of anilines is 2. The number of hydrogen-bond donors (Lipinski definition) is 1. The molecule has 1 aliphatic heterocycles. The molecule has 178 valence electrons. The zero-order valence-electron chi connectivity index (χ0n) is 18.5. The lowest BCUT2D eigenvalue weighted by atomic mass is 10.0.